The number of benzene rings is 1. The number of thiol groups is 1. The van der Waals surface area contributed by atoms with Gasteiger partial charge in [-0.2, -0.15) is 12.6 Å². The summed E-state index contributed by atoms with van der Waals surface area (Å²) in [4.78, 5) is 53.0. The number of rotatable bonds is 15. The molecular weight excluding hydrogens is 500 g/mol. The van der Waals surface area contributed by atoms with E-state index < -0.39 is 54.0 Å². The largest absolute Gasteiger partial charge is 0.480 e. The number of hydrogen-bond acceptors (Lipinski definition) is 8. The normalized spacial score (nSPS) is 15.3. The van der Waals surface area contributed by atoms with Crippen LogP contribution < -0.4 is 27.4 Å². The van der Waals surface area contributed by atoms with E-state index in [0.29, 0.717) is 31.4 Å². The van der Waals surface area contributed by atoms with Crippen molar-refractivity contribution in [2.45, 2.75) is 62.9 Å². The highest BCUT2D eigenvalue weighted by molar-refractivity contribution is 7.80. The van der Waals surface area contributed by atoms with Crippen LogP contribution in [-0.2, 0) is 25.6 Å². The fraction of sp³-hybridized carbons (Fsp3) is 0.500. The summed E-state index contributed by atoms with van der Waals surface area (Å²) in [7, 11) is 0. The first-order chi connectivity index (χ1) is 17.6. The molecular formula is C24H36N6O6S. The molecule has 0 spiro atoms. The van der Waals surface area contributed by atoms with Gasteiger partial charge >= 0.3 is 5.97 Å². The standard InChI is InChI=1S/C24H36N6O6S/c1-13(31)20(30-22(33)19(12-37)29-21(32)16(26)7-4-5-9-25)23(34)28-18(24(35)36)10-14-11-27-17-8-3-2-6-15(14)17/h2-3,6,8,11,13,16,18-20,27,31,37H,4-5,7,9-10,12,25-26H2,1H3,(H,28,34)(H,29,32)(H,30,33)(H,35,36). The summed E-state index contributed by atoms with van der Waals surface area (Å²) >= 11 is 4.09. The molecule has 1 aromatic carbocycles. The van der Waals surface area contributed by atoms with Gasteiger partial charge in [-0.1, -0.05) is 24.6 Å². The van der Waals surface area contributed by atoms with Gasteiger partial charge in [0.1, 0.15) is 18.1 Å². The second-order valence-corrected chi connectivity index (χ2v) is 9.19. The van der Waals surface area contributed by atoms with Crippen LogP contribution in [0.15, 0.2) is 30.5 Å². The van der Waals surface area contributed by atoms with E-state index in [2.05, 4.69) is 33.6 Å². The van der Waals surface area contributed by atoms with Gasteiger partial charge in [-0.15, -0.1) is 0 Å². The van der Waals surface area contributed by atoms with Crippen molar-refractivity contribution < 1.29 is 29.4 Å². The number of aromatic nitrogens is 1. The summed E-state index contributed by atoms with van der Waals surface area (Å²) < 4.78 is 0. The Morgan fingerprint density at radius 3 is 2.32 bits per heavy atom. The van der Waals surface area contributed by atoms with Gasteiger partial charge in [0, 0.05) is 29.3 Å². The number of nitrogens with two attached hydrogens (primary N) is 2. The zero-order valence-corrected chi connectivity index (χ0v) is 21.5. The first-order valence-electron chi connectivity index (χ1n) is 12.0. The molecule has 5 unspecified atom stereocenters. The summed E-state index contributed by atoms with van der Waals surface area (Å²) in [6.07, 6.45) is 2.03. The van der Waals surface area contributed by atoms with E-state index in [4.69, 9.17) is 11.5 Å². The molecule has 10 N–H and O–H groups in total. The van der Waals surface area contributed by atoms with Crippen molar-refractivity contribution in [3.8, 4) is 0 Å². The number of aromatic amines is 1. The van der Waals surface area contributed by atoms with Crippen LogP contribution in [0, 0.1) is 0 Å². The Kier molecular flexibility index (Phi) is 11.9. The Balaban J connectivity index is 2.05. The molecule has 3 amide bonds. The third kappa shape index (κ3) is 8.74. The van der Waals surface area contributed by atoms with Crippen LogP contribution in [0.4, 0.5) is 0 Å². The summed E-state index contributed by atoms with van der Waals surface area (Å²) in [6, 6.07) is 2.55. The monoisotopic (exact) mass is 536 g/mol. The zero-order valence-electron chi connectivity index (χ0n) is 20.6. The minimum absolute atomic E-state index is 0.0249. The molecule has 0 radical (unpaired) electrons. The minimum atomic E-state index is -1.48. The summed E-state index contributed by atoms with van der Waals surface area (Å²) in [6.45, 7) is 1.75. The van der Waals surface area contributed by atoms with Crippen molar-refractivity contribution >= 4 is 47.2 Å². The number of carboxylic acids is 1. The van der Waals surface area contributed by atoms with Crippen LogP contribution in [-0.4, -0.2) is 81.5 Å². The Hall–Kier alpha value is -3.13. The van der Waals surface area contributed by atoms with Gasteiger partial charge in [0.2, 0.25) is 17.7 Å². The molecule has 1 heterocycles. The maximum absolute atomic E-state index is 12.9. The van der Waals surface area contributed by atoms with Crippen molar-refractivity contribution in [3.05, 3.63) is 36.0 Å². The highest BCUT2D eigenvalue weighted by atomic mass is 32.1. The van der Waals surface area contributed by atoms with Gasteiger partial charge in [-0.25, -0.2) is 4.79 Å². The number of H-pyrrole nitrogens is 1. The Morgan fingerprint density at radius 2 is 1.70 bits per heavy atom. The smallest absolute Gasteiger partial charge is 0.326 e. The third-order valence-corrected chi connectivity index (χ3v) is 6.26. The number of unbranched alkanes of at least 4 members (excludes halogenated alkanes) is 1. The molecule has 1 aromatic heterocycles. The fourth-order valence-corrected chi connectivity index (χ4v) is 4.01. The lowest BCUT2D eigenvalue weighted by molar-refractivity contribution is -0.143. The van der Waals surface area contributed by atoms with Gasteiger partial charge in [-0.05, 0) is 37.9 Å². The second-order valence-electron chi connectivity index (χ2n) is 8.82. The number of fused-ring (bicyclic) bond motifs is 1. The lowest BCUT2D eigenvalue weighted by Gasteiger charge is -2.26. The van der Waals surface area contributed by atoms with Crippen molar-refractivity contribution in [1.29, 1.82) is 0 Å². The van der Waals surface area contributed by atoms with Crippen molar-refractivity contribution in [3.63, 3.8) is 0 Å². The van der Waals surface area contributed by atoms with Gasteiger partial charge in [0.15, 0.2) is 0 Å². The molecule has 2 aromatic rings. The van der Waals surface area contributed by atoms with E-state index in [1.807, 2.05) is 24.3 Å². The topological polar surface area (TPSA) is 213 Å². The number of nitrogens with one attached hydrogen (secondary N) is 4. The highest BCUT2D eigenvalue weighted by Gasteiger charge is 2.32. The average molecular weight is 537 g/mol. The maximum Gasteiger partial charge on any atom is 0.326 e. The van der Waals surface area contributed by atoms with Gasteiger partial charge in [0.25, 0.3) is 0 Å². The molecule has 2 rings (SSSR count). The number of carboxylic acid groups (broad SMARTS) is 1. The molecule has 37 heavy (non-hydrogen) atoms. The highest BCUT2D eigenvalue weighted by Crippen LogP contribution is 2.19. The van der Waals surface area contributed by atoms with Gasteiger partial charge in [0.05, 0.1) is 12.1 Å². The van der Waals surface area contributed by atoms with E-state index in [9.17, 15) is 29.4 Å². The van der Waals surface area contributed by atoms with Crippen LogP contribution in [0.2, 0.25) is 0 Å². The van der Waals surface area contributed by atoms with E-state index in [0.717, 1.165) is 10.9 Å². The summed E-state index contributed by atoms with van der Waals surface area (Å²) in [5.41, 5.74) is 12.8. The molecule has 5 atom stereocenters. The minimum Gasteiger partial charge on any atom is -0.480 e. The Morgan fingerprint density at radius 1 is 1.03 bits per heavy atom. The molecule has 0 aliphatic heterocycles. The predicted octanol–water partition coefficient (Wildman–Crippen LogP) is -0.984. The van der Waals surface area contributed by atoms with Crippen LogP contribution in [0.25, 0.3) is 10.9 Å². The number of carbonyl (C=O) groups is 4. The lowest BCUT2D eigenvalue weighted by atomic mass is 10.0. The molecule has 13 heteroatoms. The molecule has 0 saturated heterocycles. The SMILES string of the molecule is CC(O)C(NC(=O)C(CS)NC(=O)C(N)CCCCN)C(=O)NC(Cc1c[nH]c2ccccc12)C(=O)O. The van der Waals surface area contributed by atoms with Crippen molar-refractivity contribution in [2.75, 3.05) is 12.3 Å². The number of hydrogen-bond donors (Lipinski definition) is 9. The molecule has 0 aliphatic rings. The number of amides is 3. The molecule has 0 saturated carbocycles. The first-order valence-corrected chi connectivity index (χ1v) is 12.7. The van der Waals surface area contributed by atoms with Crippen molar-refractivity contribution in [1.82, 2.24) is 20.9 Å². The van der Waals surface area contributed by atoms with Crippen LogP contribution in [0.5, 0.6) is 0 Å². The van der Waals surface area contributed by atoms with Gasteiger partial charge < -0.3 is 42.6 Å². The maximum atomic E-state index is 12.9. The zero-order chi connectivity index (χ0) is 27.5. The number of aliphatic hydroxyl groups is 1. The lowest BCUT2D eigenvalue weighted by Crippen LogP contribution is -2.60. The molecule has 0 fully saturated rings. The number of aliphatic carboxylic acids is 1. The van der Waals surface area contributed by atoms with Crippen LogP contribution >= 0.6 is 12.6 Å². The fourth-order valence-electron chi connectivity index (χ4n) is 3.75. The molecule has 12 nitrogen and oxygen atoms in total. The number of para-hydroxylation sites is 1. The third-order valence-electron chi connectivity index (χ3n) is 5.90. The second kappa shape index (κ2) is 14.6. The molecule has 0 bridgehead atoms. The Bertz CT molecular complexity index is 1080. The Labute approximate surface area is 220 Å². The van der Waals surface area contributed by atoms with Gasteiger partial charge in [-0.3, -0.25) is 14.4 Å². The number of carbonyl (C=O) groups excluding carboxylic acids is 3. The van der Waals surface area contributed by atoms with Crippen LogP contribution in [0.1, 0.15) is 31.7 Å². The average Bonchev–Trinajstić information content (AvgIpc) is 3.27. The molecule has 204 valence electrons. The van der Waals surface area contributed by atoms with Crippen molar-refractivity contribution in [2.24, 2.45) is 11.5 Å². The van der Waals surface area contributed by atoms with E-state index in [1.54, 1.807) is 6.20 Å². The molecule has 0 aliphatic carbocycles. The first kappa shape index (κ1) is 30.1. The van der Waals surface area contributed by atoms with E-state index in [-0.39, 0.29) is 12.2 Å². The van der Waals surface area contributed by atoms with E-state index >= 15 is 0 Å². The van der Waals surface area contributed by atoms with Crippen LogP contribution in [0.3, 0.4) is 0 Å². The number of aliphatic hydroxyl groups excluding tert-OH is 1. The predicted molar refractivity (Wildman–Crippen MR) is 142 cm³/mol. The summed E-state index contributed by atoms with van der Waals surface area (Å²) in [5, 5.41) is 27.9. The quantitative estimate of drug-likeness (QED) is 0.102. The summed E-state index contributed by atoms with van der Waals surface area (Å²) in [5.74, 6) is -3.60. The van der Waals surface area contributed by atoms with E-state index in [1.165, 1.54) is 6.92 Å².